The molecule has 0 aliphatic carbocycles. The van der Waals surface area contributed by atoms with Crippen molar-refractivity contribution in [2.75, 3.05) is 36.7 Å². The van der Waals surface area contributed by atoms with Crippen molar-refractivity contribution in [2.45, 2.75) is 45.1 Å². The number of nitrogens with zero attached hydrogens (tertiary/aromatic N) is 2. The number of halogens is 1. The lowest BCUT2D eigenvalue weighted by Crippen LogP contribution is -2.42. The third kappa shape index (κ3) is 6.97. The standard InChI is InChI=1S/C19H30ClN3O3S/c1-3-17-9-4-5-12-22(17)13-7-11-21-19(24)15-23(27(2,25)26)18-10-6-8-16(20)14-18/h6,8,10,14,17H,3-5,7,9,11-13,15H2,1-2H3,(H,21,24). The fourth-order valence-electron chi connectivity index (χ4n) is 3.54. The number of anilines is 1. The number of sulfonamides is 1. The number of rotatable bonds is 9. The molecular weight excluding hydrogens is 386 g/mol. The van der Waals surface area contributed by atoms with Gasteiger partial charge < -0.3 is 10.2 Å². The number of likely N-dealkylation sites (tertiary alicyclic amines) is 1. The van der Waals surface area contributed by atoms with Gasteiger partial charge in [-0.2, -0.15) is 0 Å². The molecule has 1 saturated heterocycles. The highest BCUT2D eigenvalue weighted by atomic mass is 35.5. The second-order valence-electron chi connectivity index (χ2n) is 7.05. The largest absolute Gasteiger partial charge is 0.354 e. The van der Waals surface area contributed by atoms with Crippen molar-refractivity contribution in [1.82, 2.24) is 10.2 Å². The quantitative estimate of drug-likeness (QED) is 0.629. The average Bonchev–Trinajstić information content (AvgIpc) is 2.62. The Bertz CT molecular complexity index is 727. The van der Waals surface area contributed by atoms with Crippen molar-refractivity contribution in [3.63, 3.8) is 0 Å². The maximum atomic E-state index is 12.3. The first kappa shape index (κ1) is 22.0. The molecule has 0 aromatic heterocycles. The fourth-order valence-corrected chi connectivity index (χ4v) is 4.58. The summed E-state index contributed by atoms with van der Waals surface area (Å²) in [6, 6.07) is 7.14. The molecule has 1 aromatic rings. The third-order valence-corrected chi connectivity index (χ3v) is 6.32. The monoisotopic (exact) mass is 415 g/mol. The summed E-state index contributed by atoms with van der Waals surface area (Å²) in [5, 5.41) is 3.26. The molecule has 1 fully saturated rings. The van der Waals surface area contributed by atoms with Crippen LogP contribution in [0.2, 0.25) is 5.02 Å². The Morgan fingerprint density at radius 2 is 2.15 bits per heavy atom. The van der Waals surface area contributed by atoms with Crippen LogP contribution in [0.3, 0.4) is 0 Å². The van der Waals surface area contributed by atoms with Crippen molar-refractivity contribution in [3.8, 4) is 0 Å². The lowest BCUT2D eigenvalue weighted by Gasteiger charge is -2.35. The summed E-state index contributed by atoms with van der Waals surface area (Å²) in [7, 11) is -3.58. The molecule has 1 unspecified atom stereocenters. The summed E-state index contributed by atoms with van der Waals surface area (Å²) in [5.41, 5.74) is 0.388. The minimum absolute atomic E-state index is 0.250. The van der Waals surface area contributed by atoms with E-state index in [1.54, 1.807) is 18.2 Å². The van der Waals surface area contributed by atoms with E-state index in [-0.39, 0.29) is 12.5 Å². The van der Waals surface area contributed by atoms with Gasteiger partial charge in [0.2, 0.25) is 15.9 Å². The molecule has 1 aliphatic heterocycles. The van der Waals surface area contributed by atoms with Crippen LogP contribution in [0.15, 0.2) is 24.3 Å². The first-order valence-corrected chi connectivity index (χ1v) is 11.8. The highest BCUT2D eigenvalue weighted by molar-refractivity contribution is 7.92. The molecule has 1 N–H and O–H groups in total. The highest BCUT2D eigenvalue weighted by Crippen LogP contribution is 2.21. The Morgan fingerprint density at radius 1 is 1.37 bits per heavy atom. The molecule has 1 amide bonds. The van der Waals surface area contributed by atoms with Crippen molar-refractivity contribution >= 4 is 33.2 Å². The summed E-state index contributed by atoms with van der Waals surface area (Å²) in [5.74, 6) is -0.314. The van der Waals surface area contributed by atoms with Gasteiger partial charge in [-0.05, 0) is 50.4 Å². The number of hydrogen-bond acceptors (Lipinski definition) is 4. The smallest absolute Gasteiger partial charge is 0.240 e. The molecule has 0 saturated carbocycles. The zero-order valence-electron chi connectivity index (χ0n) is 16.2. The second kappa shape index (κ2) is 10.3. The zero-order valence-corrected chi connectivity index (χ0v) is 17.7. The zero-order chi connectivity index (χ0) is 19.9. The van der Waals surface area contributed by atoms with Gasteiger partial charge in [-0.25, -0.2) is 8.42 Å². The van der Waals surface area contributed by atoms with Gasteiger partial charge in [0.05, 0.1) is 11.9 Å². The number of hydrogen-bond donors (Lipinski definition) is 1. The van der Waals surface area contributed by atoms with Crippen LogP contribution >= 0.6 is 11.6 Å². The first-order valence-electron chi connectivity index (χ1n) is 9.55. The van der Waals surface area contributed by atoms with E-state index in [2.05, 4.69) is 17.1 Å². The molecule has 2 rings (SSSR count). The maximum Gasteiger partial charge on any atom is 0.240 e. The van der Waals surface area contributed by atoms with E-state index in [1.165, 1.54) is 25.3 Å². The minimum atomic E-state index is -3.58. The molecule has 0 radical (unpaired) electrons. The van der Waals surface area contributed by atoms with Crippen molar-refractivity contribution in [1.29, 1.82) is 0 Å². The van der Waals surface area contributed by atoms with Gasteiger partial charge in [0, 0.05) is 24.2 Å². The summed E-state index contributed by atoms with van der Waals surface area (Å²) in [6.07, 6.45) is 6.91. The Morgan fingerprint density at radius 3 is 2.81 bits per heavy atom. The summed E-state index contributed by atoms with van der Waals surface area (Å²) >= 11 is 5.95. The lowest BCUT2D eigenvalue weighted by molar-refractivity contribution is -0.119. The third-order valence-electron chi connectivity index (χ3n) is 4.95. The molecule has 1 aliphatic rings. The number of nitrogens with one attached hydrogen (secondary N) is 1. The van der Waals surface area contributed by atoms with Gasteiger partial charge in [0.25, 0.3) is 0 Å². The van der Waals surface area contributed by atoms with E-state index in [1.807, 2.05) is 0 Å². The van der Waals surface area contributed by atoms with Crippen LogP contribution in [-0.2, 0) is 14.8 Å². The number of carbonyl (C=O) groups excluding carboxylic acids is 1. The molecular formula is C19H30ClN3O3S. The fraction of sp³-hybridized carbons (Fsp3) is 0.632. The minimum Gasteiger partial charge on any atom is -0.354 e. The van der Waals surface area contributed by atoms with Gasteiger partial charge in [0.15, 0.2) is 0 Å². The molecule has 0 bridgehead atoms. The predicted molar refractivity (Wildman–Crippen MR) is 111 cm³/mol. The summed E-state index contributed by atoms with van der Waals surface area (Å²) in [6.45, 7) is 4.60. The number of amides is 1. The molecule has 1 aromatic carbocycles. The van der Waals surface area contributed by atoms with Crippen LogP contribution in [-0.4, -0.2) is 57.7 Å². The SMILES string of the molecule is CCC1CCCCN1CCCNC(=O)CN(c1cccc(Cl)c1)S(C)(=O)=O. The predicted octanol–water partition coefficient (Wildman–Crippen LogP) is 2.88. The van der Waals surface area contributed by atoms with Crippen LogP contribution in [0.5, 0.6) is 0 Å². The van der Waals surface area contributed by atoms with Crippen molar-refractivity contribution in [2.24, 2.45) is 0 Å². The molecule has 6 nitrogen and oxygen atoms in total. The van der Waals surface area contributed by atoms with Gasteiger partial charge in [0.1, 0.15) is 6.54 Å². The van der Waals surface area contributed by atoms with E-state index in [9.17, 15) is 13.2 Å². The molecule has 0 spiro atoms. The van der Waals surface area contributed by atoms with Crippen LogP contribution in [0.25, 0.3) is 0 Å². The van der Waals surface area contributed by atoms with Gasteiger partial charge >= 0.3 is 0 Å². The highest BCUT2D eigenvalue weighted by Gasteiger charge is 2.22. The Labute approximate surface area is 167 Å². The topological polar surface area (TPSA) is 69.7 Å². The number of carbonyl (C=O) groups is 1. The van der Waals surface area contributed by atoms with E-state index in [4.69, 9.17) is 11.6 Å². The molecule has 1 atom stereocenters. The van der Waals surface area contributed by atoms with E-state index < -0.39 is 10.0 Å². The first-order chi connectivity index (χ1) is 12.8. The molecule has 27 heavy (non-hydrogen) atoms. The number of benzene rings is 1. The van der Waals surface area contributed by atoms with Crippen molar-refractivity contribution < 1.29 is 13.2 Å². The van der Waals surface area contributed by atoms with E-state index >= 15 is 0 Å². The Kier molecular flexibility index (Phi) is 8.38. The Balaban J connectivity index is 1.84. The van der Waals surface area contributed by atoms with Gasteiger partial charge in [-0.1, -0.05) is 31.0 Å². The van der Waals surface area contributed by atoms with E-state index in [0.717, 1.165) is 36.5 Å². The summed E-state index contributed by atoms with van der Waals surface area (Å²) < 4.78 is 25.2. The molecule has 152 valence electrons. The normalized spacial score (nSPS) is 18.3. The average molecular weight is 416 g/mol. The van der Waals surface area contributed by atoms with Gasteiger partial charge in [-0.15, -0.1) is 0 Å². The number of piperidine rings is 1. The summed E-state index contributed by atoms with van der Waals surface area (Å²) in [4.78, 5) is 14.8. The lowest BCUT2D eigenvalue weighted by atomic mass is 10.00. The van der Waals surface area contributed by atoms with Crippen LogP contribution in [0.1, 0.15) is 39.0 Å². The van der Waals surface area contributed by atoms with Crippen LogP contribution < -0.4 is 9.62 Å². The molecule has 1 heterocycles. The van der Waals surface area contributed by atoms with Crippen molar-refractivity contribution in [3.05, 3.63) is 29.3 Å². The van der Waals surface area contributed by atoms with E-state index in [0.29, 0.717) is 23.3 Å². The maximum absolute atomic E-state index is 12.3. The van der Waals surface area contributed by atoms with Gasteiger partial charge in [-0.3, -0.25) is 9.10 Å². The van der Waals surface area contributed by atoms with Crippen LogP contribution in [0.4, 0.5) is 5.69 Å². The molecule has 8 heteroatoms. The Hall–Kier alpha value is -1.31. The second-order valence-corrected chi connectivity index (χ2v) is 9.39. The van der Waals surface area contributed by atoms with Crippen LogP contribution in [0, 0.1) is 0 Å².